The summed E-state index contributed by atoms with van der Waals surface area (Å²) in [7, 11) is 1.89. The Bertz CT molecular complexity index is 533. The first kappa shape index (κ1) is 13.9. The standard InChI is InChI=1S/C15H19N3S/c1-4-12-9-14(16-3)18-15(17-12)10-19-13-7-5-6-11(2)8-13/h5-9H,4,10H2,1-3H3,(H,16,17,18). The van der Waals surface area contributed by atoms with Crippen LogP contribution >= 0.6 is 11.8 Å². The molecule has 2 aromatic rings. The Balaban J connectivity index is 2.10. The summed E-state index contributed by atoms with van der Waals surface area (Å²) in [6.07, 6.45) is 0.930. The van der Waals surface area contributed by atoms with E-state index in [2.05, 4.69) is 53.4 Å². The number of hydrogen-bond donors (Lipinski definition) is 1. The molecule has 0 spiro atoms. The van der Waals surface area contributed by atoms with Crippen molar-refractivity contribution in [2.24, 2.45) is 0 Å². The van der Waals surface area contributed by atoms with Gasteiger partial charge < -0.3 is 5.32 Å². The molecule has 0 aliphatic heterocycles. The van der Waals surface area contributed by atoms with Crippen LogP contribution in [0.1, 0.15) is 24.0 Å². The van der Waals surface area contributed by atoms with Crippen LogP contribution in [-0.2, 0) is 12.2 Å². The minimum atomic E-state index is 0.798. The number of aromatic nitrogens is 2. The van der Waals surface area contributed by atoms with Gasteiger partial charge in [0.05, 0.1) is 5.75 Å². The monoisotopic (exact) mass is 273 g/mol. The number of anilines is 1. The Hall–Kier alpha value is -1.55. The zero-order valence-electron chi connectivity index (χ0n) is 11.6. The molecular formula is C15H19N3S. The summed E-state index contributed by atoms with van der Waals surface area (Å²) < 4.78 is 0. The molecule has 2 rings (SSSR count). The van der Waals surface area contributed by atoms with Gasteiger partial charge in [-0.25, -0.2) is 9.97 Å². The van der Waals surface area contributed by atoms with Crippen molar-refractivity contribution in [1.82, 2.24) is 9.97 Å². The molecule has 1 aromatic heterocycles. The van der Waals surface area contributed by atoms with Crippen molar-refractivity contribution in [2.45, 2.75) is 30.9 Å². The van der Waals surface area contributed by atoms with Gasteiger partial charge in [0.1, 0.15) is 11.6 Å². The second kappa shape index (κ2) is 6.57. The SMILES string of the molecule is CCc1cc(NC)nc(CSc2cccc(C)c2)n1. The second-order valence-electron chi connectivity index (χ2n) is 4.37. The minimum Gasteiger partial charge on any atom is -0.373 e. The molecule has 0 saturated heterocycles. The molecule has 19 heavy (non-hydrogen) atoms. The molecule has 0 unspecified atom stereocenters. The Morgan fingerprint density at radius 2 is 2.05 bits per heavy atom. The lowest BCUT2D eigenvalue weighted by Gasteiger charge is -2.07. The molecule has 0 bridgehead atoms. The summed E-state index contributed by atoms with van der Waals surface area (Å²) in [6.45, 7) is 4.22. The molecule has 0 saturated carbocycles. The van der Waals surface area contributed by atoms with Crippen LogP contribution in [0.3, 0.4) is 0 Å². The van der Waals surface area contributed by atoms with Crippen LogP contribution in [0.25, 0.3) is 0 Å². The van der Waals surface area contributed by atoms with Gasteiger partial charge in [-0.15, -0.1) is 11.8 Å². The van der Waals surface area contributed by atoms with Gasteiger partial charge in [0, 0.05) is 23.7 Å². The second-order valence-corrected chi connectivity index (χ2v) is 5.42. The van der Waals surface area contributed by atoms with E-state index in [0.29, 0.717) is 0 Å². The number of benzene rings is 1. The van der Waals surface area contributed by atoms with E-state index in [4.69, 9.17) is 0 Å². The molecule has 3 nitrogen and oxygen atoms in total. The highest BCUT2D eigenvalue weighted by Crippen LogP contribution is 2.22. The third-order valence-corrected chi connectivity index (χ3v) is 3.79. The molecule has 100 valence electrons. The fourth-order valence-corrected chi connectivity index (χ4v) is 2.65. The lowest BCUT2D eigenvalue weighted by atomic mass is 10.2. The van der Waals surface area contributed by atoms with E-state index >= 15 is 0 Å². The molecule has 0 radical (unpaired) electrons. The van der Waals surface area contributed by atoms with Gasteiger partial charge in [0.15, 0.2) is 0 Å². The number of rotatable bonds is 5. The maximum absolute atomic E-state index is 4.57. The fraction of sp³-hybridized carbons (Fsp3) is 0.333. The summed E-state index contributed by atoms with van der Waals surface area (Å²) in [5.41, 5.74) is 2.36. The lowest BCUT2D eigenvalue weighted by Crippen LogP contribution is -2.02. The summed E-state index contributed by atoms with van der Waals surface area (Å²) in [4.78, 5) is 10.3. The van der Waals surface area contributed by atoms with Crippen molar-refractivity contribution >= 4 is 17.6 Å². The van der Waals surface area contributed by atoms with E-state index in [0.717, 1.165) is 29.5 Å². The van der Waals surface area contributed by atoms with Crippen molar-refractivity contribution in [3.8, 4) is 0 Å². The van der Waals surface area contributed by atoms with Crippen LogP contribution < -0.4 is 5.32 Å². The van der Waals surface area contributed by atoms with Gasteiger partial charge >= 0.3 is 0 Å². The Labute approximate surface area is 118 Å². The van der Waals surface area contributed by atoms with Crippen molar-refractivity contribution < 1.29 is 0 Å². The number of aryl methyl sites for hydroxylation is 2. The molecule has 0 aliphatic carbocycles. The molecule has 1 aromatic carbocycles. The van der Waals surface area contributed by atoms with Gasteiger partial charge in [0.25, 0.3) is 0 Å². The normalized spacial score (nSPS) is 10.5. The van der Waals surface area contributed by atoms with E-state index in [9.17, 15) is 0 Å². The van der Waals surface area contributed by atoms with Crippen LogP contribution in [0.15, 0.2) is 35.2 Å². The van der Waals surface area contributed by atoms with Crippen molar-refractivity contribution in [3.63, 3.8) is 0 Å². The zero-order chi connectivity index (χ0) is 13.7. The smallest absolute Gasteiger partial charge is 0.141 e. The summed E-state index contributed by atoms with van der Waals surface area (Å²) in [6, 6.07) is 10.5. The number of hydrogen-bond acceptors (Lipinski definition) is 4. The van der Waals surface area contributed by atoms with Crippen LogP contribution in [0.4, 0.5) is 5.82 Å². The Morgan fingerprint density at radius 1 is 1.21 bits per heavy atom. The van der Waals surface area contributed by atoms with Gasteiger partial charge in [-0.3, -0.25) is 0 Å². The molecule has 4 heteroatoms. The Kier molecular flexibility index (Phi) is 4.80. The van der Waals surface area contributed by atoms with Crippen molar-refractivity contribution in [3.05, 3.63) is 47.4 Å². The molecule has 0 amide bonds. The van der Waals surface area contributed by atoms with Crippen LogP contribution in [0.5, 0.6) is 0 Å². The highest BCUT2D eigenvalue weighted by atomic mass is 32.2. The van der Waals surface area contributed by atoms with Crippen LogP contribution in [0, 0.1) is 6.92 Å². The van der Waals surface area contributed by atoms with E-state index in [1.54, 1.807) is 11.8 Å². The summed E-state index contributed by atoms with van der Waals surface area (Å²) in [5.74, 6) is 2.58. The van der Waals surface area contributed by atoms with Gasteiger partial charge in [-0.1, -0.05) is 24.6 Å². The zero-order valence-corrected chi connectivity index (χ0v) is 12.4. The van der Waals surface area contributed by atoms with Gasteiger partial charge in [-0.2, -0.15) is 0 Å². The van der Waals surface area contributed by atoms with Gasteiger partial charge in [-0.05, 0) is 25.5 Å². The van der Waals surface area contributed by atoms with E-state index in [1.807, 2.05) is 13.1 Å². The third kappa shape index (κ3) is 3.96. The van der Waals surface area contributed by atoms with Crippen LogP contribution in [-0.4, -0.2) is 17.0 Å². The molecule has 0 fully saturated rings. The predicted molar refractivity (Wildman–Crippen MR) is 81.7 cm³/mol. The van der Waals surface area contributed by atoms with E-state index < -0.39 is 0 Å². The number of nitrogens with zero attached hydrogens (tertiary/aromatic N) is 2. The average Bonchev–Trinajstić information content (AvgIpc) is 2.44. The van der Waals surface area contributed by atoms with Crippen molar-refractivity contribution in [1.29, 1.82) is 0 Å². The fourth-order valence-electron chi connectivity index (χ4n) is 1.78. The van der Waals surface area contributed by atoms with Gasteiger partial charge in [0.2, 0.25) is 0 Å². The number of thioether (sulfide) groups is 1. The maximum atomic E-state index is 4.57. The average molecular weight is 273 g/mol. The largest absolute Gasteiger partial charge is 0.373 e. The quantitative estimate of drug-likeness (QED) is 0.843. The topological polar surface area (TPSA) is 37.8 Å². The first-order valence-corrected chi connectivity index (χ1v) is 7.44. The first-order valence-electron chi connectivity index (χ1n) is 6.45. The first-order chi connectivity index (χ1) is 9.21. The lowest BCUT2D eigenvalue weighted by molar-refractivity contribution is 0.941. The van der Waals surface area contributed by atoms with E-state index in [-0.39, 0.29) is 0 Å². The Morgan fingerprint density at radius 3 is 2.74 bits per heavy atom. The number of nitrogens with one attached hydrogen (secondary N) is 1. The highest BCUT2D eigenvalue weighted by molar-refractivity contribution is 7.98. The van der Waals surface area contributed by atoms with E-state index in [1.165, 1.54) is 10.5 Å². The molecule has 1 heterocycles. The minimum absolute atomic E-state index is 0.798. The third-order valence-electron chi connectivity index (χ3n) is 2.80. The maximum Gasteiger partial charge on any atom is 0.141 e. The highest BCUT2D eigenvalue weighted by Gasteiger charge is 2.04. The molecule has 1 N–H and O–H groups in total. The predicted octanol–water partition coefficient (Wildman–Crippen LogP) is 3.68. The molecular weight excluding hydrogens is 254 g/mol. The summed E-state index contributed by atoms with van der Waals surface area (Å²) >= 11 is 1.77. The molecule has 0 atom stereocenters. The van der Waals surface area contributed by atoms with Crippen molar-refractivity contribution in [2.75, 3.05) is 12.4 Å². The summed E-state index contributed by atoms with van der Waals surface area (Å²) in [5, 5.41) is 3.09. The molecule has 0 aliphatic rings. The van der Waals surface area contributed by atoms with Crippen LogP contribution in [0.2, 0.25) is 0 Å².